The maximum Gasteiger partial charge on any atom is 0.422 e. The second-order valence-corrected chi connectivity index (χ2v) is 4.60. The number of hydrogen-bond acceptors (Lipinski definition) is 5. The molecule has 2 aromatic rings. The first-order valence-electron chi connectivity index (χ1n) is 6.39. The number of non-ortho nitro benzene ring substituents is 1. The molecule has 0 radical (unpaired) electrons. The molecule has 126 valence electrons. The molecule has 0 saturated carbocycles. The summed E-state index contributed by atoms with van der Waals surface area (Å²) in [4.78, 5) is 21.8. The minimum absolute atomic E-state index is 0.0199. The number of benzene rings is 1. The predicted octanol–water partition coefficient (Wildman–Crippen LogP) is 2.51. The monoisotopic (exact) mass is 342 g/mol. The molecule has 1 aromatic heterocycles. The van der Waals surface area contributed by atoms with Crippen molar-refractivity contribution in [2.24, 2.45) is 0 Å². The van der Waals surface area contributed by atoms with E-state index in [4.69, 9.17) is 4.74 Å². The summed E-state index contributed by atoms with van der Waals surface area (Å²) in [6.07, 6.45) is -4.39. The van der Waals surface area contributed by atoms with E-state index < -0.39 is 34.9 Å². The summed E-state index contributed by atoms with van der Waals surface area (Å²) in [5.74, 6) is -1.17. The Kier molecular flexibility index (Phi) is 4.67. The van der Waals surface area contributed by atoms with Gasteiger partial charge >= 0.3 is 12.1 Å². The summed E-state index contributed by atoms with van der Waals surface area (Å²) >= 11 is 0. The highest BCUT2D eigenvalue weighted by atomic mass is 19.4. The van der Waals surface area contributed by atoms with E-state index in [1.807, 2.05) is 0 Å². The minimum Gasteiger partial charge on any atom is -0.616 e. The standard InChI is InChI=1S/C14H9F3N2O5/c15-14(16,17)10-4-5-13(18(21)7-10)24-8-12(20)9-2-1-3-11(6-9)19(22)23/h1-7H,8H2. The maximum absolute atomic E-state index is 12.4. The van der Waals surface area contributed by atoms with E-state index in [2.05, 4.69) is 0 Å². The zero-order valence-corrected chi connectivity index (χ0v) is 11.8. The number of rotatable bonds is 5. The third-order valence-electron chi connectivity index (χ3n) is 2.94. The van der Waals surface area contributed by atoms with Crippen molar-refractivity contribution in [1.82, 2.24) is 0 Å². The first kappa shape index (κ1) is 17.2. The Morgan fingerprint density at radius 3 is 2.54 bits per heavy atom. The van der Waals surface area contributed by atoms with Gasteiger partial charge in [0.25, 0.3) is 5.69 Å². The smallest absolute Gasteiger partial charge is 0.422 e. The molecule has 0 fully saturated rings. The van der Waals surface area contributed by atoms with Gasteiger partial charge in [0.2, 0.25) is 5.78 Å². The lowest BCUT2D eigenvalue weighted by Crippen LogP contribution is -2.31. The second kappa shape index (κ2) is 6.52. The molecule has 0 amide bonds. The zero-order chi connectivity index (χ0) is 17.9. The van der Waals surface area contributed by atoms with Crippen LogP contribution in [0.15, 0.2) is 42.6 Å². The molecule has 0 aliphatic heterocycles. The largest absolute Gasteiger partial charge is 0.616 e. The van der Waals surface area contributed by atoms with E-state index >= 15 is 0 Å². The summed E-state index contributed by atoms with van der Waals surface area (Å²) in [5.41, 5.74) is -1.47. The average Bonchev–Trinajstić information content (AvgIpc) is 2.52. The molecule has 2 rings (SSSR count). The Morgan fingerprint density at radius 1 is 1.25 bits per heavy atom. The molecule has 0 unspecified atom stereocenters. The SMILES string of the molecule is O=C(COc1ccc(C(F)(F)F)c[n+]1[O-])c1cccc([N+](=O)[O-])c1. The Balaban J connectivity index is 2.09. The third kappa shape index (κ3) is 3.97. The Hall–Kier alpha value is -3.17. The lowest BCUT2D eigenvalue weighted by Gasteiger charge is -2.09. The van der Waals surface area contributed by atoms with Gasteiger partial charge in [-0.1, -0.05) is 12.1 Å². The van der Waals surface area contributed by atoms with Crippen LogP contribution in [0.25, 0.3) is 0 Å². The van der Waals surface area contributed by atoms with Crippen LogP contribution in [0.5, 0.6) is 5.88 Å². The number of nitrogens with zero attached hydrogens (tertiary/aromatic N) is 2. The van der Waals surface area contributed by atoms with Crippen LogP contribution >= 0.6 is 0 Å². The van der Waals surface area contributed by atoms with Gasteiger partial charge in [0.1, 0.15) is 5.56 Å². The van der Waals surface area contributed by atoms with Crippen LogP contribution in [0.3, 0.4) is 0 Å². The Labute approximate surface area is 132 Å². The van der Waals surface area contributed by atoms with Gasteiger partial charge in [-0.25, -0.2) is 0 Å². The fourth-order valence-corrected chi connectivity index (χ4v) is 1.76. The molecule has 10 heteroatoms. The first-order valence-corrected chi connectivity index (χ1v) is 6.39. The highest BCUT2D eigenvalue weighted by Gasteiger charge is 2.33. The second-order valence-electron chi connectivity index (χ2n) is 4.60. The molecule has 1 heterocycles. The fraction of sp³-hybridized carbons (Fsp3) is 0.143. The number of halogens is 3. The molecule has 0 N–H and O–H groups in total. The zero-order valence-electron chi connectivity index (χ0n) is 11.8. The van der Waals surface area contributed by atoms with Crippen molar-refractivity contribution in [2.75, 3.05) is 6.61 Å². The van der Waals surface area contributed by atoms with Crippen molar-refractivity contribution in [2.45, 2.75) is 6.18 Å². The molecule has 24 heavy (non-hydrogen) atoms. The number of hydrogen-bond donors (Lipinski definition) is 0. The van der Waals surface area contributed by atoms with Gasteiger partial charge in [0.15, 0.2) is 12.8 Å². The number of carbonyl (C=O) groups is 1. The fourth-order valence-electron chi connectivity index (χ4n) is 1.76. The number of aromatic nitrogens is 1. The normalized spacial score (nSPS) is 11.1. The van der Waals surface area contributed by atoms with Gasteiger partial charge in [-0.15, -0.1) is 4.73 Å². The highest BCUT2D eigenvalue weighted by Crippen LogP contribution is 2.28. The highest BCUT2D eigenvalue weighted by molar-refractivity contribution is 5.97. The molecule has 0 spiro atoms. The molecule has 0 aliphatic rings. The van der Waals surface area contributed by atoms with Crippen LogP contribution in [0.2, 0.25) is 0 Å². The van der Waals surface area contributed by atoms with Crippen LogP contribution in [0, 0.1) is 15.3 Å². The molecule has 0 atom stereocenters. The Bertz CT molecular complexity index is 792. The molecule has 7 nitrogen and oxygen atoms in total. The van der Waals surface area contributed by atoms with Crippen molar-refractivity contribution in [3.63, 3.8) is 0 Å². The van der Waals surface area contributed by atoms with Crippen LogP contribution in [-0.2, 0) is 6.18 Å². The topological polar surface area (TPSA) is 96.4 Å². The molecular formula is C14H9F3N2O5. The molecule has 0 bridgehead atoms. The summed E-state index contributed by atoms with van der Waals surface area (Å²) in [7, 11) is 0. The van der Waals surface area contributed by atoms with Crippen LogP contribution in [-0.4, -0.2) is 17.3 Å². The maximum atomic E-state index is 12.4. The predicted molar refractivity (Wildman–Crippen MR) is 73.3 cm³/mol. The number of ether oxygens (including phenoxy) is 1. The lowest BCUT2D eigenvalue weighted by atomic mass is 10.1. The number of carbonyl (C=O) groups excluding carboxylic acids is 1. The van der Waals surface area contributed by atoms with E-state index in [1.165, 1.54) is 18.2 Å². The van der Waals surface area contributed by atoms with Crippen molar-refractivity contribution < 1.29 is 32.4 Å². The number of ketones is 1. The molecule has 1 aromatic carbocycles. The first-order chi connectivity index (χ1) is 11.2. The summed E-state index contributed by atoms with van der Waals surface area (Å²) in [6, 6.07) is 6.27. The summed E-state index contributed by atoms with van der Waals surface area (Å²) in [5, 5.41) is 22.1. The quantitative estimate of drug-likeness (QED) is 0.273. The third-order valence-corrected chi connectivity index (χ3v) is 2.94. The minimum atomic E-state index is -4.68. The van der Waals surface area contributed by atoms with E-state index in [0.717, 1.165) is 12.1 Å². The summed E-state index contributed by atoms with van der Waals surface area (Å²) < 4.78 is 42.0. The van der Waals surface area contributed by atoms with Gasteiger partial charge < -0.3 is 9.94 Å². The van der Waals surface area contributed by atoms with Gasteiger partial charge in [-0.3, -0.25) is 14.9 Å². The van der Waals surface area contributed by atoms with E-state index in [1.54, 1.807) is 0 Å². The van der Waals surface area contributed by atoms with Crippen molar-refractivity contribution in [3.05, 3.63) is 69.0 Å². The summed E-state index contributed by atoms with van der Waals surface area (Å²) in [6.45, 7) is -0.658. The van der Waals surface area contributed by atoms with Gasteiger partial charge in [0, 0.05) is 17.7 Å². The van der Waals surface area contributed by atoms with Crippen LogP contribution in [0.4, 0.5) is 18.9 Å². The Morgan fingerprint density at radius 2 is 1.96 bits per heavy atom. The van der Waals surface area contributed by atoms with Gasteiger partial charge in [-0.05, 0) is 6.07 Å². The average molecular weight is 342 g/mol. The van der Waals surface area contributed by atoms with Crippen molar-refractivity contribution >= 4 is 11.5 Å². The van der Waals surface area contributed by atoms with Crippen LogP contribution in [0.1, 0.15) is 15.9 Å². The number of pyridine rings is 1. The van der Waals surface area contributed by atoms with E-state index in [0.29, 0.717) is 6.07 Å². The number of alkyl halides is 3. The number of Topliss-reactive ketones (excluding diaryl/α,β-unsaturated/α-hetero) is 1. The van der Waals surface area contributed by atoms with E-state index in [-0.39, 0.29) is 22.2 Å². The van der Waals surface area contributed by atoms with Gasteiger partial charge in [-0.2, -0.15) is 13.2 Å². The van der Waals surface area contributed by atoms with Crippen LogP contribution < -0.4 is 9.47 Å². The van der Waals surface area contributed by atoms with Crippen molar-refractivity contribution in [1.29, 1.82) is 0 Å². The molecule has 0 aliphatic carbocycles. The van der Waals surface area contributed by atoms with Crippen molar-refractivity contribution in [3.8, 4) is 5.88 Å². The molecule has 0 saturated heterocycles. The number of nitro groups is 1. The lowest BCUT2D eigenvalue weighted by molar-refractivity contribution is -0.613. The number of nitro benzene ring substituents is 1. The molecular weight excluding hydrogens is 333 g/mol. The van der Waals surface area contributed by atoms with E-state index in [9.17, 15) is 33.3 Å². The van der Waals surface area contributed by atoms with Gasteiger partial charge in [0.05, 0.1) is 11.0 Å².